The van der Waals surface area contributed by atoms with Gasteiger partial charge in [0.1, 0.15) is 5.76 Å². The summed E-state index contributed by atoms with van der Waals surface area (Å²) in [4.78, 5) is 2.24. The molecule has 0 aromatic rings. The molecule has 0 aromatic heterocycles. The van der Waals surface area contributed by atoms with Gasteiger partial charge in [-0.2, -0.15) is 0 Å². The van der Waals surface area contributed by atoms with Gasteiger partial charge in [-0.05, 0) is 39.5 Å². The van der Waals surface area contributed by atoms with Crippen LogP contribution in [0.25, 0.3) is 0 Å². The maximum atomic E-state index is 15.0. The number of allylic oxidation sites excluding steroid dienone is 2. The molecule has 24 heavy (non-hydrogen) atoms. The lowest BCUT2D eigenvalue weighted by Gasteiger charge is -2.43. The van der Waals surface area contributed by atoms with Gasteiger partial charge in [0.25, 0.3) is 0 Å². The smallest absolute Gasteiger partial charge is 0.155 e. The van der Waals surface area contributed by atoms with Crippen molar-refractivity contribution in [3.8, 4) is 0 Å². The van der Waals surface area contributed by atoms with Gasteiger partial charge in [0.05, 0.1) is 17.7 Å². The topological polar surface area (TPSA) is 47.7 Å². The predicted octanol–water partition coefficient (Wildman–Crippen LogP) is 3.53. The van der Waals surface area contributed by atoms with Crippen LogP contribution in [0.3, 0.4) is 0 Å². The fourth-order valence-corrected chi connectivity index (χ4v) is 3.70. The van der Waals surface area contributed by atoms with E-state index in [0.29, 0.717) is 18.7 Å². The highest BCUT2D eigenvalue weighted by molar-refractivity contribution is 5.14. The van der Waals surface area contributed by atoms with E-state index in [0.717, 1.165) is 45.2 Å². The van der Waals surface area contributed by atoms with Crippen LogP contribution in [0.15, 0.2) is 23.7 Å². The van der Waals surface area contributed by atoms with E-state index in [4.69, 9.17) is 15.2 Å². The van der Waals surface area contributed by atoms with E-state index in [1.165, 1.54) is 0 Å². The molecule has 1 saturated heterocycles. The Morgan fingerprint density at radius 3 is 2.71 bits per heavy atom. The van der Waals surface area contributed by atoms with E-state index in [2.05, 4.69) is 11.0 Å². The van der Waals surface area contributed by atoms with Crippen LogP contribution in [0.1, 0.15) is 52.4 Å². The SMILES string of the molecule is C/C=C\CC(C)OC1=C(F)C(N2CCC(CN)(OC)CC2)CCC1. The van der Waals surface area contributed by atoms with Gasteiger partial charge in [0.2, 0.25) is 0 Å². The minimum absolute atomic E-state index is 0.0143. The summed E-state index contributed by atoms with van der Waals surface area (Å²) < 4.78 is 26.5. The Morgan fingerprint density at radius 2 is 2.12 bits per heavy atom. The molecule has 1 aliphatic carbocycles. The molecule has 0 saturated carbocycles. The Balaban J connectivity index is 1.99. The number of hydrogen-bond acceptors (Lipinski definition) is 4. The van der Waals surface area contributed by atoms with Crippen LogP contribution in [0.5, 0.6) is 0 Å². The fraction of sp³-hybridized carbons (Fsp3) is 0.789. The number of likely N-dealkylation sites (tertiary alicyclic amines) is 1. The first-order chi connectivity index (χ1) is 11.5. The molecular weight excluding hydrogens is 307 g/mol. The average Bonchev–Trinajstić information content (AvgIpc) is 2.62. The molecule has 2 N–H and O–H groups in total. The van der Waals surface area contributed by atoms with E-state index >= 15 is 0 Å². The van der Waals surface area contributed by atoms with Crippen LogP contribution in [0.4, 0.5) is 4.39 Å². The lowest BCUT2D eigenvalue weighted by atomic mass is 9.88. The van der Waals surface area contributed by atoms with Crippen LogP contribution in [0, 0.1) is 0 Å². The van der Waals surface area contributed by atoms with Crippen LogP contribution >= 0.6 is 0 Å². The predicted molar refractivity (Wildman–Crippen MR) is 95.4 cm³/mol. The maximum Gasteiger partial charge on any atom is 0.155 e. The number of rotatable bonds is 7. The molecule has 2 unspecified atom stereocenters. The number of hydrogen-bond donors (Lipinski definition) is 1. The van der Waals surface area contributed by atoms with Crippen molar-refractivity contribution in [1.82, 2.24) is 4.90 Å². The molecule has 2 aliphatic rings. The fourth-order valence-electron chi connectivity index (χ4n) is 3.70. The summed E-state index contributed by atoms with van der Waals surface area (Å²) in [5.74, 6) is 0.497. The number of halogens is 1. The first-order valence-corrected chi connectivity index (χ1v) is 9.21. The quantitative estimate of drug-likeness (QED) is 0.720. The Morgan fingerprint density at radius 1 is 1.42 bits per heavy atom. The molecule has 0 bridgehead atoms. The summed E-state index contributed by atoms with van der Waals surface area (Å²) in [6.45, 7) is 6.16. The van der Waals surface area contributed by atoms with Crippen LogP contribution < -0.4 is 5.73 Å². The molecule has 2 rings (SSSR count). The van der Waals surface area contributed by atoms with Crippen molar-refractivity contribution in [2.45, 2.75) is 70.1 Å². The second kappa shape index (κ2) is 8.97. The summed E-state index contributed by atoms with van der Waals surface area (Å²) in [5, 5.41) is 0. The zero-order chi connectivity index (χ0) is 17.6. The molecule has 1 fully saturated rings. The van der Waals surface area contributed by atoms with Gasteiger partial charge < -0.3 is 15.2 Å². The van der Waals surface area contributed by atoms with Crippen molar-refractivity contribution in [3.63, 3.8) is 0 Å². The normalized spacial score (nSPS) is 26.8. The van der Waals surface area contributed by atoms with Crippen molar-refractivity contribution in [1.29, 1.82) is 0 Å². The minimum atomic E-state index is -0.230. The van der Waals surface area contributed by atoms with Gasteiger partial charge in [0.15, 0.2) is 5.83 Å². The molecule has 0 aromatic carbocycles. The van der Waals surface area contributed by atoms with E-state index in [-0.39, 0.29) is 23.6 Å². The lowest BCUT2D eigenvalue weighted by Crippen LogP contribution is -2.53. The highest BCUT2D eigenvalue weighted by Crippen LogP contribution is 2.34. The van der Waals surface area contributed by atoms with Crippen molar-refractivity contribution in [2.24, 2.45) is 5.73 Å². The standard InChI is InChI=1S/C19H33FN2O2/c1-4-5-7-15(2)24-17-9-6-8-16(18(17)20)22-12-10-19(14-21,23-3)11-13-22/h4-5,15-16H,6-14,21H2,1-3H3/b5-4-. The Hall–Kier alpha value is -0.910. The highest BCUT2D eigenvalue weighted by atomic mass is 19.1. The molecule has 5 heteroatoms. The second-order valence-corrected chi connectivity index (χ2v) is 7.04. The highest BCUT2D eigenvalue weighted by Gasteiger charge is 2.38. The number of nitrogens with zero attached hydrogens (tertiary/aromatic N) is 1. The number of piperidine rings is 1. The number of ether oxygens (including phenoxy) is 2. The zero-order valence-electron chi connectivity index (χ0n) is 15.4. The monoisotopic (exact) mass is 340 g/mol. The van der Waals surface area contributed by atoms with Crippen LogP contribution in [0.2, 0.25) is 0 Å². The molecule has 0 radical (unpaired) electrons. The van der Waals surface area contributed by atoms with Gasteiger partial charge in [-0.25, -0.2) is 4.39 Å². The third kappa shape index (κ3) is 4.58. The van der Waals surface area contributed by atoms with Crippen LogP contribution in [-0.4, -0.2) is 49.4 Å². The van der Waals surface area contributed by atoms with E-state index in [1.807, 2.05) is 19.9 Å². The molecule has 138 valence electrons. The molecule has 0 amide bonds. The van der Waals surface area contributed by atoms with E-state index in [1.54, 1.807) is 7.11 Å². The van der Waals surface area contributed by atoms with E-state index in [9.17, 15) is 4.39 Å². The largest absolute Gasteiger partial charge is 0.492 e. The third-order valence-electron chi connectivity index (χ3n) is 5.44. The van der Waals surface area contributed by atoms with Gasteiger partial charge in [-0.15, -0.1) is 0 Å². The van der Waals surface area contributed by atoms with Gasteiger partial charge in [-0.3, -0.25) is 4.90 Å². The molecular formula is C19H33FN2O2. The molecule has 1 heterocycles. The molecule has 1 aliphatic heterocycles. The molecule has 2 atom stereocenters. The summed E-state index contributed by atoms with van der Waals surface area (Å²) in [7, 11) is 1.72. The maximum absolute atomic E-state index is 15.0. The first kappa shape index (κ1) is 19.4. The van der Waals surface area contributed by atoms with Crippen molar-refractivity contribution < 1.29 is 13.9 Å². The van der Waals surface area contributed by atoms with Crippen molar-refractivity contribution >= 4 is 0 Å². The minimum Gasteiger partial charge on any atom is -0.492 e. The second-order valence-electron chi connectivity index (χ2n) is 7.04. The summed E-state index contributed by atoms with van der Waals surface area (Å²) in [6, 6.07) is -0.143. The van der Waals surface area contributed by atoms with Crippen LogP contribution in [-0.2, 0) is 9.47 Å². The Bertz CT molecular complexity index is 450. The summed E-state index contributed by atoms with van der Waals surface area (Å²) >= 11 is 0. The van der Waals surface area contributed by atoms with Gasteiger partial charge in [0, 0.05) is 39.6 Å². The Labute approximate surface area is 145 Å². The zero-order valence-corrected chi connectivity index (χ0v) is 15.4. The average molecular weight is 340 g/mol. The molecule has 0 spiro atoms. The van der Waals surface area contributed by atoms with Crippen molar-refractivity contribution in [3.05, 3.63) is 23.7 Å². The summed E-state index contributed by atoms with van der Waals surface area (Å²) in [6.07, 6.45) is 9.16. The summed E-state index contributed by atoms with van der Waals surface area (Å²) in [5.41, 5.74) is 5.63. The van der Waals surface area contributed by atoms with Gasteiger partial charge in [-0.1, -0.05) is 12.2 Å². The van der Waals surface area contributed by atoms with E-state index < -0.39 is 0 Å². The third-order valence-corrected chi connectivity index (χ3v) is 5.44. The first-order valence-electron chi connectivity index (χ1n) is 9.21. The van der Waals surface area contributed by atoms with Gasteiger partial charge >= 0.3 is 0 Å². The number of methoxy groups -OCH3 is 1. The lowest BCUT2D eigenvalue weighted by molar-refractivity contribution is -0.0577. The van der Waals surface area contributed by atoms with Crippen molar-refractivity contribution in [2.75, 3.05) is 26.7 Å². The molecule has 4 nitrogen and oxygen atoms in total. The number of nitrogens with two attached hydrogens (primary N) is 1. The Kier molecular flexibility index (Phi) is 7.26.